The Morgan fingerprint density at radius 3 is 2.62 bits per heavy atom. The second-order valence-electron chi connectivity index (χ2n) is 3.89. The van der Waals surface area contributed by atoms with E-state index < -0.39 is 28.0 Å². The Balaban J connectivity index is 2.51. The maximum absolute atomic E-state index is 13.1. The maximum atomic E-state index is 13.1. The van der Waals surface area contributed by atoms with E-state index in [1.807, 2.05) is 0 Å². The molecule has 2 aromatic carbocycles. The van der Waals surface area contributed by atoms with E-state index >= 15 is 0 Å². The van der Waals surface area contributed by atoms with Gasteiger partial charge in [-0.25, -0.2) is 9.18 Å². The highest BCUT2D eigenvalue weighted by Gasteiger charge is 2.22. The summed E-state index contributed by atoms with van der Waals surface area (Å²) in [5, 5.41) is 19.8. The Hall–Kier alpha value is -2.67. The van der Waals surface area contributed by atoms with E-state index in [1.54, 1.807) is 0 Å². The Labute approximate surface area is 122 Å². The van der Waals surface area contributed by atoms with Gasteiger partial charge in [-0.05, 0) is 30.3 Å². The quantitative estimate of drug-likeness (QED) is 0.683. The predicted octanol–water partition coefficient (Wildman–Crippen LogP) is 3.88. The van der Waals surface area contributed by atoms with Crippen LogP contribution in [0.5, 0.6) is 11.5 Å². The molecule has 0 unspecified atom stereocenters. The smallest absolute Gasteiger partial charge is 0.339 e. The lowest BCUT2D eigenvalue weighted by atomic mass is 10.2. The van der Waals surface area contributed by atoms with E-state index in [2.05, 4.69) is 0 Å². The minimum absolute atomic E-state index is 0.156. The number of nitro benzene ring substituents is 1. The van der Waals surface area contributed by atoms with Gasteiger partial charge in [-0.1, -0.05) is 17.7 Å². The molecule has 6 nitrogen and oxygen atoms in total. The van der Waals surface area contributed by atoms with Crippen LogP contribution in [0.2, 0.25) is 5.02 Å². The van der Waals surface area contributed by atoms with Crippen molar-refractivity contribution in [2.24, 2.45) is 0 Å². The van der Waals surface area contributed by atoms with Crippen LogP contribution in [-0.2, 0) is 0 Å². The summed E-state index contributed by atoms with van der Waals surface area (Å²) in [6, 6.07) is 6.79. The third kappa shape index (κ3) is 3.09. The number of ether oxygens (including phenoxy) is 1. The molecule has 0 atom stereocenters. The van der Waals surface area contributed by atoms with Crippen LogP contribution in [0.25, 0.3) is 0 Å². The van der Waals surface area contributed by atoms with Gasteiger partial charge in [0.05, 0.1) is 4.92 Å². The van der Waals surface area contributed by atoms with Crippen molar-refractivity contribution in [1.82, 2.24) is 0 Å². The van der Waals surface area contributed by atoms with Crippen LogP contribution in [0, 0.1) is 15.9 Å². The zero-order chi connectivity index (χ0) is 15.6. The van der Waals surface area contributed by atoms with Gasteiger partial charge in [-0.2, -0.15) is 0 Å². The Kier molecular flexibility index (Phi) is 4.04. The number of para-hydroxylation sites is 1. The molecule has 0 aromatic heterocycles. The van der Waals surface area contributed by atoms with Crippen LogP contribution in [0.1, 0.15) is 10.4 Å². The lowest BCUT2D eigenvalue weighted by Gasteiger charge is -2.09. The standard InChI is InChI=1S/C13H7ClFNO5/c14-9-2-1-3-11(12(9)16(19)20)21-10-5-4-7(15)6-8(10)13(17)18/h1-6H,(H,17,18). The number of carboxylic acid groups (broad SMARTS) is 1. The first-order chi connectivity index (χ1) is 9.90. The second kappa shape index (κ2) is 5.76. The molecule has 1 N–H and O–H groups in total. The Morgan fingerprint density at radius 2 is 2.00 bits per heavy atom. The molecule has 0 amide bonds. The fourth-order valence-electron chi connectivity index (χ4n) is 1.63. The molecule has 8 heteroatoms. The van der Waals surface area contributed by atoms with Gasteiger partial charge in [-0.3, -0.25) is 10.1 Å². The average Bonchev–Trinajstić information content (AvgIpc) is 2.40. The van der Waals surface area contributed by atoms with E-state index in [0.29, 0.717) is 0 Å². The molecule has 0 aliphatic rings. The van der Waals surface area contributed by atoms with Gasteiger partial charge < -0.3 is 9.84 Å². The monoisotopic (exact) mass is 311 g/mol. The van der Waals surface area contributed by atoms with Crippen LogP contribution in [-0.4, -0.2) is 16.0 Å². The first kappa shape index (κ1) is 14.7. The second-order valence-corrected chi connectivity index (χ2v) is 4.30. The third-order valence-corrected chi connectivity index (χ3v) is 2.83. The lowest BCUT2D eigenvalue weighted by Crippen LogP contribution is -2.02. The van der Waals surface area contributed by atoms with Gasteiger partial charge in [0.25, 0.3) is 0 Å². The summed E-state index contributed by atoms with van der Waals surface area (Å²) in [4.78, 5) is 21.3. The summed E-state index contributed by atoms with van der Waals surface area (Å²) < 4.78 is 18.3. The molecule has 2 aromatic rings. The lowest BCUT2D eigenvalue weighted by molar-refractivity contribution is -0.385. The molecule has 0 aliphatic carbocycles. The summed E-state index contributed by atoms with van der Waals surface area (Å²) in [6.45, 7) is 0. The first-order valence-corrected chi connectivity index (χ1v) is 5.91. The minimum Gasteiger partial charge on any atom is -0.478 e. The van der Waals surface area contributed by atoms with Crippen molar-refractivity contribution in [3.05, 3.63) is 62.9 Å². The molecule has 0 saturated heterocycles. The predicted molar refractivity (Wildman–Crippen MR) is 71.5 cm³/mol. The van der Waals surface area contributed by atoms with E-state index in [-0.39, 0.29) is 16.5 Å². The highest BCUT2D eigenvalue weighted by atomic mass is 35.5. The topological polar surface area (TPSA) is 89.7 Å². The van der Waals surface area contributed by atoms with E-state index in [9.17, 15) is 19.3 Å². The first-order valence-electron chi connectivity index (χ1n) is 5.53. The summed E-state index contributed by atoms with van der Waals surface area (Å²) >= 11 is 5.72. The molecule has 0 heterocycles. The van der Waals surface area contributed by atoms with Gasteiger partial charge in [0.15, 0.2) is 0 Å². The van der Waals surface area contributed by atoms with Crippen molar-refractivity contribution in [2.75, 3.05) is 0 Å². The van der Waals surface area contributed by atoms with E-state index in [1.165, 1.54) is 18.2 Å². The number of nitro groups is 1. The van der Waals surface area contributed by atoms with Gasteiger partial charge in [0, 0.05) is 0 Å². The van der Waals surface area contributed by atoms with Gasteiger partial charge >= 0.3 is 11.7 Å². The summed E-state index contributed by atoms with van der Waals surface area (Å²) in [7, 11) is 0. The van der Waals surface area contributed by atoms with E-state index in [0.717, 1.165) is 18.2 Å². The number of carbonyl (C=O) groups is 1. The SMILES string of the molecule is O=C(O)c1cc(F)ccc1Oc1cccc(Cl)c1[N+](=O)[O-]. The molecule has 108 valence electrons. The minimum atomic E-state index is -1.42. The third-order valence-electron chi connectivity index (χ3n) is 2.52. The van der Waals surface area contributed by atoms with Gasteiger partial charge in [0.1, 0.15) is 22.2 Å². The molecular formula is C13H7ClFNO5. The van der Waals surface area contributed by atoms with Crippen molar-refractivity contribution in [1.29, 1.82) is 0 Å². The molecule has 21 heavy (non-hydrogen) atoms. The fraction of sp³-hybridized carbons (Fsp3) is 0. The zero-order valence-corrected chi connectivity index (χ0v) is 11.0. The summed E-state index contributed by atoms with van der Waals surface area (Å²) in [5.41, 5.74) is -0.955. The Morgan fingerprint density at radius 1 is 1.29 bits per heavy atom. The molecule has 0 fully saturated rings. The normalized spacial score (nSPS) is 10.2. The zero-order valence-electron chi connectivity index (χ0n) is 10.2. The maximum Gasteiger partial charge on any atom is 0.339 e. The summed E-state index contributed by atoms with van der Waals surface area (Å²) in [5.74, 6) is -2.65. The number of rotatable bonds is 4. The van der Waals surface area contributed by atoms with Crippen LogP contribution in [0.15, 0.2) is 36.4 Å². The molecule has 0 spiro atoms. The average molecular weight is 312 g/mol. The highest BCUT2D eigenvalue weighted by Crippen LogP contribution is 2.37. The number of nitrogens with zero attached hydrogens (tertiary/aromatic N) is 1. The number of benzene rings is 2. The largest absolute Gasteiger partial charge is 0.478 e. The number of hydrogen-bond acceptors (Lipinski definition) is 4. The number of hydrogen-bond donors (Lipinski definition) is 1. The number of aromatic carboxylic acids is 1. The molecule has 0 radical (unpaired) electrons. The van der Waals surface area contributed by atoms with Crippen molar-refractivity contribution >= 4 is 23.3 Å². The van der Waals surface area contributed by atoms with Crippen molar-refractivity contribution in [3.63, 3.8) is 0 Å². The van der Waals surface area contributed by atoms with Crippen molar-refractivity contribution in [2.45, 2.75) is 0 Å². The summed E-state index contributed by atoms with van der Waals surface area (Å²) in [6.07, 6.45) is 0. The molecule has 0 aliphatic heterocycles. The van der Waals surface area contributed by atoms with Crippen molar-refractivity contribution in [3.8, 4) is 11.5 Å². The number of halogens is 2. The van der Waals surface area contributed by atoms with Gasteiger partial charge in [0.2, 0.25) is 5.75 Å². The molecule has 0 saturated carbocycles. The van der Waals surface area contributed by atoms with Crippen LogP contribution in [0.4, 0.5) is 10.1 Å². The molecule has 2 rings (SSSR count). The molecule has 0 bridgehead atoms. The van der Waals surface area contributed by atoms with E-state index in [4.69, 9.17) is 21.4 Å². The fourth-order valence-corrected chi connectivity index (χ4v) is 1.87. The van der Waals surface area contributed by atoms with Crippen LogP contribution < -0.4 is 4.74 Å². The van der Waals surface area contributed by atoms with Crippen molar-refractivity contribution < 1.29 is 24.0 Å². The molecular weight excluding hydrogens is 305 g/mol. The van der Waals surface area contributed by atoms with Crippen LogP contribution >= 0.6 is 11.6 Å². The number of carboxylic acids is 1. The van der Waals surface area contributed by atoms with Gasteiger partial charge in [-0.15, -0.1) is 0 Å². The highest BCUT2D eigenvalue weighted by molar-refractivity contribution is 6.33. The van der Waals surface area contributed by atoms with Crippen LogP contribution in [0.3, 0.4) is 0 Å². The Bertz CT molecular complexity index is 734.